The van der Waals surface area contributed by atoms with E-state index in [2.05, 4.69) is 5.32 Å². The van der Waals surface area contributed by atoms with Crippen LogP contribution in [0.4, 0.5) is 18.9 Å². The summed E-state index contributed by atoms with van der Waals surface area (Å²) >= 11 is 0. The fourth-order valence-corrected chi connectivity index (χ4v) is 2.75. The summed E-state index contributed by atoms with van der Waals surface area (Å²) in [6.45, 7) is 1.74. The van der Waals surface area contributed by atoms with Crippen molar-refractivity contribution in [2.45, 2.75) is 44.3 Å². The number of nitrogens with two attached hydrogens (primary N) is 1. The van der Waals surface area contributed by atoms with E-state index < -0.39 is 40.4 Å². The van der Waals surface area contributed by atoms with E-state index in [4.69, 9.17) is 5.73 Å². The lowest BCUT2D eigenvalue weighted by molar-refractivity contribution is -0.137. The summed E-state index contributed by atoms with van der Waals surface area (Å²) < 4.78 is 38.0. The van der Waals surface area contributed by atoms with Crippen LogP contribution in [-0.4, -0.2) is 16.4 Å². The van der Waals surface area contributed by atoms with Crippen LogP contribution in [0.25, 0.3) is 0 Å². The number of alkyl halides is 3. The van der Waals surface area contributed by atoms with Crippen molar-refractivity contribution in [2.75, 3.05) is 5.32 Å². The second-order valence-electron chi connectivity index (χ2n) is 5.92. The molecule has 0 saturated heterocycles. The first-order valence-corrected chi connectivity index (χ1v) is 7.01. The van der Waals surface area contributed by atoms with Crippen molar-refractivity contribution in [3.63, 3.8) is 0 Å². The Kier molecular flexibility index (Phi) is 4.32. The van der Waals surface area contributed by atoms with Crippen molar-refractivity contribution in [3.8, 4) is 0 Å². The molecule has 0 aromatic carbocycles. The van der Waals surface area contributed by atoms with Gasteiger partial charge in [0.1, 0.15) is 5.69 Å². The molecule has 2 atom stereocenters. The van der Waals surface area contributed by atoms with E-state index in [1.807, 2.05) is 4.98 Å². The third kappa shape index (κ3) is 3.49. The van der Waals surface area contributed by atoms with Crippen molar-refractivity contribution in [1.29, 1.82) is 0 Å². The molecule has 1 aromatic rings. The molecular formula is C14H18F3N3O2. The normalized spacial score (nSPS) is 25.8. The summed E-state index contributed by atoms with van der Waals surface area (Å²) in [5, 5.41) is 2.29. The zero-order valence-electron chi connectivity index (χ0n) is 12.1. The zero-order valence-corrected chi connectivity index (χ0v) is 12.1. The van der Waals surface area contributed by atoms with Gasteiger partial charge in [-0.2, -0.15) is 13.2 Å². The predicted octanol–water partition coefficient (Wildman–Crippen LogP) is 2.24. The number of H-pyrrole nitrogens is 1. The average Bonchev–Trinajstić information content (AvgIpc) is 2.39. The zero-order chi connectivity index (χ0) is 16.5. The van der Waals surface area contributed by atoms with Gasteiger partial charge in [-0.05, 0) is 25.8 Å². The lowest BCUT2D eigenvalue weighted by Crippen LogP contribution is -2.51. The van der Waals surface area contributed by atoms with Gasteiger partial charge in [0.2, 0.25) is 5.91 Å². The van der Waals surface area contributed by atoms with Crippen LogP contribution >= 0.6 is 0 Å². The number of carbonyl (C=O) groups is 1. The second kappa shape index (κ2) is 5.75. The summed E-state index contributed by atoms with van der Waals surface area (Å²) in [7, 11) is 0. The van der Waals surface area contributed by atoms with Gasteiger partial charge < -0.3 is 16.0 Å². The maximum atomic E-state index is 12.7. The summed E-state index contributed by atoms with van der Waals surface area (Å²) in [5.41, 5.74) is 3.14. The first-order valence-electron chi connectivity index (χ1n) is 7.01. The largest absolute Gasteiger partial charge is 0.417 e. The fourth-order valence-electron chi connectivity index (χ4n) is 2.75. The Bertz CT molecular complexity index is 622. The molecule has 1 fully saturated rings. The molecule has 22 heavy (non-hydrogen) atoms. The van der Waals surface area contributed by atoms with Gasteiger partial charge in [0.05, 0.1) is 11.5 Å². The van der Waals surface area contributed by atoms with E-state index in [-0.39, 0.29) is 0 Å². The van der Waals surface area contributed by atoms with E-state index in [0.717, 1.165) is 12.8 Å². The Morgan fingerprint density at radius 2 is 2.14 bits per heavy atom. The number of anilines is 1. The number of aromatic amines is 1. The lowest BCUT2D eigenvalue weighted by atomic mass is 9.74. The van der Waals surface area contributed by atoms with E-state index in [1.165, 1.54) is 0 Å². The van der Waals surface area contributed by atoms with Crippen LogP contribution in [-0.2, 0) is 11.0 Å². The number of aromatic nitrogens is 1. The van der Waals surface area contributed by atoms with Crippen molar-refractivity contribution in [1.82, 2.24) is 4.98 Å². The summed E-state index contributed by atoms with van der Waals surface area (Å²) in [6, 6.07) is 0.632. The molecular weight excluding hydrogens is 299 g/mol. The summed E-state index contributed by atoms with van der Waals surface area (Å²) in [4.78, 5) is 25.9. The highest BCUT2D eigenvalue weighted by Gasteiger charge is 2.38. The van der Waals surface area contributed by atoms with Crippen LogP contribution in [0.1, 0.15) is 38.2 Å². The van der Waals surface area contributed by atoms with Crippen LogP contribution in [0.5, 0.6) is 0 Å². The van der Waals surface area contributed by atoms with Crippen molar-refractivity contribution in [3.05, 3.63) is 28.2 Å². The van der Waals surface area contributed by atoms with Gasteiger partial charge in [-0.3, -0.25) is 9.59 Å². The molecule has 1 aliphatic rings. The van der Waals surface area contributed by atoms with Gasteiger partial charge in [-0.1, -0.05) is 12.8 Å². The molecule has 0 spiro atoms. The molecule has 1 heterocycles. The molecule has 0 bridgehead atoms. The van der Waals surface area contributed by atoms with Crippen LogP contribution in [0.15, 0.2) is 17.1 Å². The van der Waals surface area contributed by atoms with Crippen LogP contribution in [0, 0.1) is 5.92 Å². The highest BCUT2D eigenvalue weighted by molar-refractivity contribution is 5.93. The van der Waals surface area contributed by atoms with Gasteiger partial charge >= 0.3 is 6.18 Å². The minimum atomic E-state index is -4.60. The standard InChI is InChI=1S/C14H18F3N3O2/c1-13(18)5-3-2-4-9(13)11(21)20-10-6-8(14(15,16)17)7-19-12(10)22/h6-7,9H,2-5,18H2,1H3,(H,19,22)(H,20,21). The molecule has 2 rings (SSSR count). The van der Waals surface area contributed by atoms with E-state index in [1.54, 1.807) is 6.92 Å². The summed E-state index contributed by atoms with van der Waals surface area (Å²) in [5.74, 6) is -1.05. The van der Waals surface area contributed by atoms with Gasteiger partial charge in [0.15, 0.2) is 0 Å². The monoisotopic (exact) mass is 317 g/mol. The van der Waals surface area contributed by atoms with E-state index >= 15 is 0 Å². The second-order valence-corrected chi connectivity index (χ2v) is 5.92. The highest BCUT2D eigenvalue weighted by atomic mass is 19.4. The number of amides is 1. The molecule has 1 aromatic heterocycles. The number of carbonyl (C=O) groups excluding carboxylic acids is 1. The Morgan fingerprint density at radius 3 is 2.73 bits per heavy atom. The van der Waals surface area contributed by atoms with Gasteiger partial charge in [0.25, 0.3) is 5.56 Å². The van der Waals surface area contributed by atoms with E-state index in [9.17, 15) is 22.8 Å². The minimum Gasteiger partial charge on any atom is -0.327 e. The SMILES string of the molecule is CC1(N)CCCCC1C(=O)Nc1cc(C(F)(F)F)c[nH]c1=O. The van der Waals surface area contributed by atoms with Crippen molar-refractivity contribution in [2.24, 2.45) is 11.7 Å². The minimum absolute atomic E-state index is 0.416. The topological polar surface area (TPSA) is 88.0 Å². The first-order chi connectivity index (χ1) is 10.1. The highest BCUT2D eigenvalue weighted by Crippen LogP contribution is 2.33. The Hall–Kier alpha value is -1.83. The third-order valence-corrected chi connectivity index (χ3v) is 4.06. The number of hydrogen-bond donors (Lipinski definition) is 3. The van der Waals surface area contributed by atoms with Gasteiger partial charge in [-0.25, -0.2) is 0 Å². The molecule has 4 N–H and O–H groups in total. The van der Waals surface area contributed by atoms with Gasteiger partial charge in [0, 0.05) is 11.7 Å². The van der Waals surface area contributed by atoms with Gasteiger partial charge in [-0.15, -0.1) is 0 Å². The Morgan fingerprint density at radius 1 is 1.45 bits per heavy atom. The number of pyridine rings is 1. The lowest BCUT2D eigenvalue weighted by Gasteiger charge is -2.37. The predicted molar refractivity (Wildman–Crippen MR) is 75.2 cm³/mol. The smallest absolute Gasteiger partial charge is 0.327 e. The third-order valence-electron chi connectivity index (χ3n) is 4.06. The summed E-state index contributed by atoms with van der Waals surface area (Å²) in [6.07, 6.45) is -1.09. The van der Waals surface area contributed by atoms with E-state index in [0.29, 0.717) is 25.1 Å². The van der Waals surface area contributed by atoms with Crippen molar-refractivity contribution < 1.29 is 18.0 Å². The number of halogens is 3. The molecule has 1 amide bonds. The quantitative estimate of drug-likeness (QED) is 0.781. The molecule has 0 aliphatic heterocycles. The maximum Gasteiger partial charge on any atom is 0.417 e. The molecule has 122 valence electrons. The fraction of sp³-hybridized carbons (Fsp3) is 0.571. The van der Waals surface area contributed by atoms with Crippen molar-refractivity contribution >= 4 is 11.6 Å². The maximum absolute atomic E-state index is 12.7. The average molecular weight is 317 g/mol. The Balaban J connectivity index is 2.23. The molecule has 1 saturated carbocycles. The number of rotatable bonds is 2. The Labute approximate surface area is 125 Å². The molecule has 1 aliphatic carbocycles. The van der Waals surface area contributed by atoms with Crippen LogP contribution in [0.2, 0.25) is 0 Å². The molecule has 8 heteroatoms. The van der Waals surface area contributed by atoms with Crippen LogP contribution < -0.4 is 16.6 Å². The first kappa shape index (κ1) is 16.5. The molecule has 5 nitrogen and oxygen atoms in total. The number of nitrogens with one attached hydrogen (secondary N) is 2. The molecule has 0 radical (unpaired) electrons. The van der Waals surface area contributed by atoms with Crippen LogP contribution in [0.3, 0.4) is 0 Å². The molecule has 2 unspecified atom stereocenters. The number of hydrogen-bond acceptors (Lipinski definition) is 3.